The van der Waals surface area contributed by atoms with Crippen LogP contribution in [-0.4, -0.2) is 81.1 Å². The number of nitrogens with zero attached hydrogens (tertiary/aromatic N) is 3. The second-order valence-electron chi connectivity index (χ2n) is 6.71. The van der Waals surface area contributed by atoms with Crippen LogP contribution in [0.4, 0.5) is 0 Å². The molecule has 0 saturated carbocycles. The number of carbonyl (C=O) groups excluding carboxylic acids is 2. The van der Waals surface area contributed by atoms with Crippen molar-refractivity contribution in [2.75, 3.05) is 26.2 Å². The van der Waals surface area contributed by atoms with Crippen molar-refractivity contribution in [3.63, 3.8) is 0 Å². The van der Waals surface area contributed by atoms with Gasteiger partial charge in [-0.15, -0.1) is 0 Å². The SMILES string of the molecule is BOC(=O)C(C)N1CCNCCN(C(C)C(=O)OB)Cc2cccc(n2)C1. The number of hydrogen-bond acceptors (Lipinski definition) is 8. The molecule has 1 aromatic heterocycles. The Labute approximate surface area is 162 Å². The molecular formula is C17H28B2N4O4. The first-order valence-corrected chi connectivity index (χ1v) is 9.25. The van der Waals surface area contributed by atoms with E-state index in [1.165, 1.54) is 16.1 Å². The standard InChI is InChI=1S/C17H28B2N4O4/c1-12(16(24)26-18)22-8-6-20-7-9-23(13(2)17(25)27-19)11-15-5-3-4-14(10-22)21-15/h3-5,12-13,20H,6-11,18-19H2,1-2H3. The first-order valence-electron chi connectivity index (χ1n) is 9.25. The van der Waals surface area contributed by atoms with Gasteiger partial charge in [0.1, 0.15) is 12.1 Å². The Kier molecular flexibility index (Phi) is 8.27. The molecule has 2 rings (SSSR count). The number of pyridine rings is 1. The molecule has 1 aromatic rings. The topological polar surface area (TPSA) is 84.0 Å². The predicted molar refractivity (Wildman–Crippen MR) is 106 cm³/mol. The first-order chi connectivity index (χ1) is 13.0. The van der Waals surface area contributed by atoms with Crippen LogP contribution in [0.2, 0.25) is 0 Å². The number of carbonyl (C=O) groups is 2. The van der Waals surface area contributed by atoms with Gasteiger partial charge in [-0.2, -0.15) is 0 Å². The Balaban J connectivity index is 2.22. The van der Waals surface area contributed by atoms with Crippen LogP contribution in [-0.2, 0) is 32.0 Å². The zero-order valence-electron chi connectivity index (χ0n) is 16.6. The van der Waals surface area contributed by atoms with Gasteiger partial charge in [0, 0.05) is 39.3 Å². The summed E-state index contributed by atoms with van der Waals surface area (Å²) in [6.45, 7) is 7.63. The van der Waals surface area contributed by atoms with E-state index in [0.29, 0.717) is 26.2 Å². The lowest BCUT2D eigenvalue weighted by molar-refractivity contribution is -0.140. The molecule has 0 spiro atoms. The van der Waals surface area contributed by atoms with Crippen LogP contribution in [0.5, 0.6) is 0 Å². The summed E-state index contributed by atoms with van der Waals surface area (Å²) in [5.74, 6) is -0.507. The molecule has 0 radical (unpaired) electrons. The molecule has 2 unspecified atom stereocenters. The lowest BCUT2D eigenvalue weighted by Gasteiger charge is -2.30. The van der Waals surface area contributed by atoms with E-state index in [0.717, 1.165) is 24.5 Å². The molecule has 2 heterocycles. The molecule has 2 atom stereocenters. The van der Waals surface area contributed by atoms with Crippen molar-refractivity contribution in [2.45, 2.75) is 39.0 Å². The van der Waals surface area contributed by atoms with Gasteiger partial charge < -0.3 is 14.6 Å². The fourth-order valence-electron chi connectivity index (χ4n) is 3.15. The minimum atomic E-state index is -0.346. The van der Waals surface area contributed by atoms with E-state index in [9.17, 15) is 9.59 Å². The molecule has 1 aliphatic heterocycles. The van der Waals surface area contributed by atoms with Crippen molar-refractivity contribution in [3.05, 3.63) is 29.6 Å². The molecule has 10 heteroatoms. The van der Waals surface area contributed by atoms with Crippen LogP contribution >= 0.6 is 0 Å². The maximum absolute atomic E-state index is 12.0. The summed E-state index contributed by atoms with van der Waals surface area (Å²) in [6.07, 6.45) is 0. The van der Waals surface area contributed by atoms with Crippen molar-refractivity contribution in [2.24, 2.45) is 0 Å². The highest BCUT2D eigenvalue weighted by molar-refractivity contribution is 6.06. The molecule has 1 N–H and O–H groups in total. The van der Waals surface area contributed by atoms with E-state index >= 15 is 0 Å². The van der Waals surface area contributed by atoms with Crippen LogP contribution in [0.1, 0.15) is 25.2 Å². The molecule has 146 valence electrons. The Morgan fingerprint density at radius 2 is 1.44 bits per heavy atom. The number of fused-ring (bicyclic) bond motifs is 2. The summed E-state index contributed by atoms with van der Waals surface area (Å²) in [5.41, 5.74) is 1.77. The summed E-state index contributed by atoms with van der Waals surface area (Å²) >= 11 is 0. The Hall–Kier alpha value is -1.90. The highest BCUT2D eigenvalue weighted by Gasteiger charge is 2.24. The van der Waals surface area contributed by atoms with E-state index in [4.69, 9.17) is 14.3 Å². The van der Waals surface area contributed by atoms with Gasteiger partial charge in [-0.05, 0) is 26.0 Å². The summed E-state index contributed by atoms with van der Waals surface area (Å²) in [4.78, 5) is 32.8. The lowest BCUT2D eigenvalue weighted by atomic mass is 10.2. The normalized spacial score (nSPS) is 19.2. The highest BCUT2D eigenvalue weighted by Crippen LogP contribution is 2.12. The molecular weight excluding hydrogens is 346 g/mol. The largest absolute Gasteiger partial charge is 0.542 e. The van der Waals surface area contributed by atoms with Gasteiger partial charge in [-0.25, -0.2) is 0 Å². The van der Waals surface area contributed by atoms with E-state index in [2.05, 4.69) is 15.1 Å². The zero-order chi connectivity index (χ0) is 19.8. The average molecular weight is 374 g/mol. The van der Waals surface area contributed by atoms with Gasteiger partial charge >= 0.3 is 28.0 Å². The van der Waals surface area contributed by atoms with Gasteiger partial charge in [0.05, 0.1) is 11.4 Å². The molecule has 0 amide bonds. The van der Waals surface area contributed by atoms with Crippen LogP contribution in [0.15, 0.2) is 18.2 Å². The minimum Gasteiger partial charge on any atom is -0.542 e. The van der Waals surface area contributed by atoms with Gasteiger partial charge in [-0.1, -0.05) is 6.07 Å². The van der Waals surface area contributed by atoms with Crippen molar-refractivity contribution in [1.82, 2.24) is 20.1 Å². The third-order valence-corrected chi connectivity index (χ3v) is 4.93. The van der Waals surface area contributed by atoms with Crippen molar-refractivity contribution < 1.29 is 18.9 Å². The fraction of sp³-hybridized carbons (Fsp3) is 0.588. The maximum Gasteiger partial charge on any atom is 0.326 e. The quantitative estimate of drug-likeness (QED) is 0.622. The first kappa shape index (κ1) is 21.4. The molecule has 0 aromatic carbocycles. The maximum atomic E-state index is 12.0. The number of nitrogens with one attached hydrogen (secondary N) is 1. The molecule has 0 fully saturated rings. The fourth-order valence-corrected chi connectivity index (χ4v) is 3.15. The Morgan fingerprint density at radius 1 is 1.00 bits per heavy atom. The van der Waals surface area contributed by atoms with Crippen molar-refractivity contribution in [1.29, 1.82) is 0 Å². The summed E-state index contributed by atoms with van der Waals surface area (Å²) < 4.78 is 9.79. The lowest BCUT2D eigenvalue weighted by Crippen LogP contribution is -2.46. The van der Waals surface area contributed by atoms with Gasteiger partial charge in [0.25, 0.3) is 0 Å². The van der Waals surface area contributed by atoms with E-state index in [1.54, 1.807) is 0 Å². The third-order valence-electron chi connectivity index (χ3n) is 4.93. The van der Waals surface area contributed by atoms with Gasteiger partial charge in [0.2, 0.25) is 0 Å². The summed E-state index contributed by atoms with van der Waals surface area (Å²) in [5, 5.41) is 3.39. The minimum absolute atomic E-state index is 0.253. The monoisotopic (exact) mass is 374 g/mol. The molecule has 27 heavy (non-hydrogen) atoms. The molecule has 1 aliphatic rings. The van der Waals surface area contributed by atoms with Crippen molar-refractivity contribution in [3.8, 4) is 0 Å². The van der Waals surface area contributed by atoms with Crippen LogP contribution in [0.3, 0.4) is 0 Å². The number of aromatic nitrogens is 1. The zero-order valence-corrected chi connectivity index (χ0v) is 16.6. The molecule has 0 saturated heterocycles. The molecule has 0 aliphatic carbocycles. The van der Waals surface area contributed by atoms with E-state index in [-0.39, 0.29) is 24.0 Å². The predicted octanol–water partition coefficient (Wildman–Crippen LogP) is -1.75. The molecule has 8 nitrogen and oxygen atoms in total. The Morgan fingerprint density at radius 3 is 1.85 bits per heavy atom. The van der Waals surface area contributed by atoms with Crippen LogP contribution < -0.4 is 5.32 Å². The summed E-state index contributed by atoms with van der Waals surface area (Å²) in [7, 11) is 2.81. The smallest absolute Gasteiger partial charge is 0.326 e. The van der Waals surface area contributed by atoms with Gasteiger partial charge in [-0.3, -0.25) is 24.4 Å². The third kappa shape index (κ3) is 6.05. The van der Waals surface area contributed by atoms with Crippen LogP contribution in [0, 0.1) is 0 Å². The Bertz CT molecular complexity index is 600. The average Bonchev–Trinajstić information content (AvgIpc) is 2.68. The van der Waals surface area contributed by atoms with E-state index in [1.807, 2.05) is 32.0 Å². The summed E-state index contributed by atoms with van der Waals surface area (Å²) in [6, 6.07) is 5.17. The second kappa shape index (κ2) is 10.4. The van der Waals surface area contributed by atoms with E-state index < -0.39 is 0 Å². The molecule has 2 bridgehead atoms. The van der Waals surface area contributed by atoms with Crippen LogP contribution in [0.25, 0.3) is 0 Å². The van der Waals surface area contributed by atoms with Crippen molar-refractivity contribution >= 4 is 28.0 Å². The number of rotatable bonds is 4. The highest BCUT2D eigenvalue weighted by atomic mass is 16.5. The van der Waals surface area contributed by atoms with Gasteiger partial charge in [0.15, 0.2) is 0 Å². The second-order valence-corrected chi connectivity index (χ2v) is 6.71. The number of hydrogen-bond donors (Lipinski definition) is 1.